The van der Waals surface area contributed by atoms with Crippen molar-refractivity contribution >= 4 is 34.8 Å². The molecule has 0 aromatic heterocycles. The van der Waals surface area contributed by atoms with E-state index in [9.17, 15) is 0 Å². The van der Waals surface area contributed by atoms with Crippen LogP contribution in [0.5, 0.6) is 0 Å². The van der Waals surface area contributed by atoms with Crippen molar-refractivity contribution in [3.63, 3.8) is 0 Å². The maximum Gasteiger partial charge on any atom is 0.0468 e. The van der Waals surface area contributed by atoms with E-state index in [2.05, 4.69) is 23.5 Å². The zero-order chi connectivity index (χ0) is 17.4. The van der Waals surface area contributed by atoms with Crippen molar-refractivity contribution in [1.82, 2.24) is 5.32 Å². The third-order valence-electron chi connectivity index (χ3n) is 5.87. The van der Waals surface area contributed by atoms with Gasteiger partial charge in [-0.05, 0) is 60.6 Å². The second-order valence-electron chi connectivity index (χ2n) is 7.35. The third-order valence-corrected chi connectivity index (χ3v) is 6.68. The largest absolute Gasteiger partial charge is 0.306 e. The maximum atomic E-state index is 6.55. The van der Waals surface area contributed by atoms with Gasteiger partial charge in [-0.2, -0.15) is 0 Å². The van der Waals surface area contributed by atoms with Gasteiger partial charge in [0.15, 0.2) is 0 Å². The van der Waals surface area contributed by atoms with Gasteiger partial charge in [-0.25, -0.2) is 0 Å². The van der Waals surface area contributed by atoms with Crippen molar-refractivity contribution in [2.45, 2.75) is 50.1 Å². The summed E-state index contributed by atoms with van der Waals surface area (Å²) in [5.74, 6) is 1.19. The molecule has 132 valence electrons. The normalized spacial score (nSPS) is 27.1. The average Bonchev–Trinajstić information content (AvgIpc) is 3.25. The fraction of sp³-hybridized carbons (Fsp3) is 0.429. The smallest absolute Gasteiger partial charge is 0.0468 e. The number of nitrogens with one attached hydrogen (secondary N) is 1. The van der Waals surface area contributed by atoms with Crippen molar-refractivity contribution in [1.29, 1.82) is 0 Å². The van der Waals surface area contributed by atoms with E-state index in [-0.39, 0.29) is 6.04 Å². The first kappa shape index (κ1) is 17.7. The lowest BCUT2D eigenvalue weighted by molar-refractivity contribution is 0.385. The highest BCUT2D eigenvalue weighted by molar-refractivity contribution is 6.35. The molecule has 0 spiro atoms. The molecule has 1 N–H and O–H groups in total. The average molecular weight is 395 g/mol. The number of hydrogen-bond acceptors (Lipinski definition) is 1. The van der Waals surface area contributed by atoms with Crippen LogP contribution >= 0.6 is 34.8 Å². The lowest BCUT2D eigenvalue weighted by Crippen LogP contribution is -2.30. The van der Waals surface area contributed by atoms with Crippen LogP contribution in [-0.4, -0.2) is 6.04 Å². The predicted octanol–water partition coefficient (Wildman–Crippen LogP) is 7.02. The molecule has 3 atom stereocenters. The first-order chi connectivity index (χ1) is 12.1. The summed E-state index contributed by atoms with van der Waals surface area (Å²) in [6, 6.07) is 14.9. The van der Waals surface area contributed by atoms with Crippen LogP contribution in [0.4, 0.5) is 0 Å². The summed E-state index contributed by atoms with van der Waals surface area (Å²) in [6.45, 7) is 0. The number of hydrogen-bond donors (Lipinski definition) is 1. The molecule has 1 heterocycles. The van der Waals surface area contributed by atoms with Gasteiger partial charge in [-0.3, -0.25) is 0 Å². The van der Waals surface area contributed by atoms with E-state index in [1.165, 1.54) is 31.2 Å². The van der Waals surface area contributed by atoms with E-state index in [4.69, 9.17) is 34.8 Å². The second kappa shape index (κ2) is 7.48. The number of halogens is 3. The second-order valence-corrected chi connectivity index (χ2v) is 8.64. The number of benzene rings is 2. The molecule has 1 aliphatic heterocycles. The molecular weight excluding hydrogens is 373 g/mol. The lowest BCUT2D eigenvalue weighted by atomic mass is 9.85. The molecule has 0 amide bonds. The highest BCUT2D eigenvalue weighted by atomic mass is 35.5. The molecule has 4 heteroatoms. The molecule has 2 fully saturated rings. The van der Waals surface area contributed by atoms with Gasteiger partial charge >= 0.3 is 0 Å². The Morgan fingerprint density at radius 1 is 0.840 bits per heavy atom. The molecule has 0 bridgehead atoms. The van der Waals surface area contributed by atoms with Crippen LogP contribution in [0.25, 0.3) is 0 Å². The molecule has 2 aromatic rings. The topological polar surface area (TPSA) is 12.0 Å². The Morgan fingerprint density at radius 2 is 1.52 bits per heavy atom. The molecule has 1 nitrogen and oxygen atoms in total. The van der Waals surface area contributed by atoms with Crippen LogP contribution in [-0.2, 0) is 0 Å². The maximum absolute atomic E-state index is 6.55. The van der Waals surface area contributed by atoms with Gasteiger partial charge in [-0.1, -0.05) is 65.8 Å². The molecule has 2 aromatic carbocycles. The molecule has 1 saturated heterocycles. The first-order valence-electron chi connectivity index (χ1n) is 9.08. The Kier molecular flexibility index (Phi) is 5.29. The molecule has 1 aliphatic carbocycles. The van der Waals surface area contributed by atoms with Gasteiger partial charge in [0.05, 0.1) is 0 Å². The zero-order valence-electron chi connectivity index (χ0n) is 14.0. The quantitative estimate of drug-likeness (QED) is 0.589. The van der Waals surface area contributed by atoms with Crippen molar-refractivity contribution in [3.8, 4) is 0 Å². The Bertz CT molecular complexity index is 737. The monoisotopic (exact) mass is 393 g/mol. The van der Waals surface area contributed by atoms with E-state index in [0.29, 0.717) is 17.0 Å². The van der Waals surface area contributed by atoms with E-state index >= 15 is 0 Å². The molecule has 25 heavy (non-hydrogen) atoms. The Morgan fingerprint density at radius 3 is 2.20 bits per heavy atom. The Balaban J connectivity index is 1.68. The Labute approximate surface area is 164 Å². The van der Waals surface area contributed by atoms with Crippen LogP contribution in [0.1, 0.15) is 55.2 Å². The van der Waals surface area contributed by atoms with E-state index in [1.807, 2.05) is 24.3 Å². The lowest BCUT2D eigenvalue weighted by Gasteiger charge is -2.22. The summed E-state index contributed by atoms with van der Waals surface area (Å²) in [5, 5.41) is 6.12. The van der Waals surface area contributed by atoms with Crippen molar-refractivity contribution in [3.05, 3.63) is 68.7 Å². The Hall–Kier alpha value is -0.730. The van der Waals surface area contributed by atoms with Gasteiger partial charge in [0.1, 0.15) is 0 Å². The van der Waals surface area contributed by atoms with E-state index in [1.54, 1.807) is 0 Å². The highest BCUT2D eigenvalue weighted by Gasteiger charge is 2.40. The molecule has 4 rings (SSSR count). The minimum Gasteiger partial charge on any atom is -0.306 e. The van der Waals surface area contributed by atoms with Crippen LogP contribution in [0.3, 0.4) is 0 Å². The van der Waals surface area contributed by atoms with E-state index in [0.717, 1.165) is 27.9 Å². The fourth-order valence-corrected chi connectivity index (χ4v) is 5.26. The summed E-state index contributed by atoms with van der Waals surface area (Å²) in [4.78, 5) is 0. The van der Waals surface area contributed by atoms with Crippen molar-refractivity contribution < 1.29 is 0 Å². The minimum atomic E-state index is 0.219. The standard InChI is InChI=1S/C21H22Cl3N/c22-15-7-5-13(6-8-15)18-12-20(14-3-1-2-4-14)25-21(18)17-10-9-16(23)11-19(17)24/h5-11,14,18,20-21,25H,1-4,12H2. The van der Waals surface area contributed by atoms with Crippen LogP contribution in [0.15, 0.2) is 42.5 Å². The van der Waals surface area contributed by atoms with Gasteiger partial charge in [0.25, 0.3) is 0 Å². The van der Waals surface area contributed by atoms with Crippen molar-refractivity contribution in [2.75, 3.05) is 0 Å². The van der Waals surface area contributed by atoms with Gasteiger partial charge < -0.3 is 5.32 Å². The summed E-state index contributed by atoms with van der Waals surface area (Å²) in [6.07, 6.45) is 6.55. The predicted molar refractivity (Wildman–Crippen MR) is 107 cm³/mol. The molecule has 3 unspecified atom stereocenters. The van der Waals surface area contributed by atoms with Gasteiger partial charge in [0.2, 0.25) is 0 Å². The molecule has 0 radical (unpaired) electrons. The summed E-state index contributed by atoms with van der Waals surface area (Å²) in [5.41, 5.74) is 2.47. The van der Waals surface area contributed by atoms with Gasteiger partial charge in [0, 0.05) is 33.1 Å². The highest BCUT2D eigenvalue weighted by Crippen LogP contribution is 2.46. The van der Waals surface area contributed by atoms with E-state index < -0.39 is 0 Å². The first-order valence-corrected chi connectivity index (χ1v) is 10.2. The zero-order valence-corrected chi connectivity index (χ0v) is 16.3. The summed E-state index contributed by atoms with van der Waals surface area (Å²) < 4.78 is 0. The summed E-state index contributed by atoms with van der Waals surface area (Å²) in [7, 11) is 0. The fourth-order valence-electron chi connectivity index (χ4n) is 4.61. The third kappa shape index (κ3) is 3.71. The van der Waals surface area contributed by atoms with Crippen LogP contribution in [0.2, 0.25) is 15.1 Å². The summed E-state index contributed by atoms with van der Waals surface area (Å²) >= 11 is 18.8. The molecular formula is C21H22Cl3N. The minimum absolute atomic E-state index is 0.219. The SMILES string of the molecule is Clc1ccc(C2CC(C3CCCC3)NC2c2ccc(Cl)cc2Cl)cc1. The number of rotatable bonds is 3. The van der Waals surface area contributed by atoms with Crippen LogP contribution < -0.4 is 5.32 Å². The van der Waals surface area contributed by atoms with Gasteiger partial charge in [-0.15, -0.1) is 0 Å². The van der Waals surface area contributed by atoms with Crippen molar-refractivity contribution in [2.24, 2.45) is 5.92 Å². The molecule has 1 saturated carbocycles. The van der Waals surface area contributed by atoms with Crippen LogP contribution in [0, 0.1) is 5.92 Å². The molecule has 2 aliphatic rings.